The minimum atomic E-state index is -0.432. The molecule has 1 heterocycles. The monoisotopic (exact) mass is 663 g/mol. The van der Waals surface area contributed by atoms with Crippen molar-refractivity contribution in [1.29, 1.82) is 0 Å². The average Bonchev–Trinajstić information content (AvgIpc) is 3.88. The molecule has 0 spiro atoms. The van der Waals surface area contributed by atoms with Gasteiger partial charge in [0, 0.05) is 16.8 Å². The van der Waals surface area contributed by atoms with E-state index in [1.165, 1.54) is 55.6 Å². The Hall–Kier alpha value is -6.64. The van der Waals surface area contributed by atoms with Gasteiger partial charge in [0.15, 0.2) is 0 Å². The number of para-hydroxylation sites is 2. The van der Waals surface area contributed by atoms with Gasteiger partial charge in [-0.1, -0.05) is 146 Å². The first-order valence-electron chi connectivity index (χ1n) is 18.1. The van der Waals surface area contributed by atoms with Gasteiger partial charge in [0.05, 0.1) is 16.5 Å². The van der Waals surface area contributed by atoms with Crippen molar-refractivity contribution >= 4 is 39.0 Å². The zero-order chi connectivity index (χ0) is 34.2. The van der Waals surface area contributed by atoms with Crippen LogP contribution in [0.2, 0.25) is 0 Å². The third kappa shape index (κ3) is 4.01. The summed E-state index contributed by atoms with van der Waals surface area (Å²) >= 11 is 0. The molecule has 11 rings (SSSR count). The number of hydrogen-bond acceptors (Lipinski definition) is 2. The Bertz CT molecular complexity index is 2780. The summed E-state index contributed by atoms with van der Waals surface area (Å²) in [6.07, 6.45) is 0.882. The van der Waals surface area contributed by atoms with E-state index in [0.29, 0.717) is 0 Å². The summed E-state index contributed by atoms with van der Waals surface area (Å²) in [5.41, 5.74) is 18.0. The molecule has 1 aromatic heterocycles. The number of hydrogen-bond donors (Lipinski definition) is 0. The molecule has 0 saturated carbocycles. The van der Waals surface area contributed by atoms with Gasteiger partial charge < -0.3 is 9.32 Å². The number of nitrogens with zero attached hydrogens (tertiary/aromatic N) is 1. The standard InChI is InChI=1S/C50H33NO/c1-3-15-34(16-4-1)50(43-23-10-7-19-38(43)39-20-8-11-24-44(39)50)45-25-13-22-37-41-32-36(30-29-33(41)31-42(37)45)51(35-17-5-2-6-18-35)46-26-14-28-48-49(46)40-21-9-12-27-47(40)52-48/h1-30,32H,31H2. The second kappa shape index (κ2) is 11.2. The zero-order valence-electron chi connectivity index (χ0n) is 28.5. The summed E-state index contributed by atoms with van der Waals surface area (Å²) in [5.74, 6) is 0. The third-order valence-electron chi connectivity index (χ3n) is 11.4. The summed E-state index contributed by atoms with van der Waals surface area (Å²) in [7, 11) is 0. The SMILES string of the molecule is c1ccc(N(c2ccc3c(c2)-c2cccc(C4(c5ccccc5)c5ccccc5-c5ccccc54)c2C3)c2cccc3oc4ccccc4c23)cc1. The van der Waals surface area contributed by atoms with Crippen LogP contribution in [0, 0.1) is 0 Å². The lowest BCUT2D eigenvalue weighted by Gasteiger charge is -2.35. The average molecular weight is 664 g/mol. The van der Waals surface area contributed by atoms with Crippen LogP contribution in [-0.2, 0) is 11.8 Å². The van der Waals surface area contributed by atoms with Gasteiger partial charge >= 0.3 is 0 Å². The molecule has 0 saturated heterocycles. The summed E-state index contributed by atoms with van der Waals surface area (Å²) in [5, 5.41) is 2.24. The highest BCUT2D eigenvalue weighted by atomic mass is 16.3. The molecule has 52 heavy (non-hydrogen) atoms. The van der Waals surface area contributed by atoms with E-state index >= 15 is 0 Å². The van der Waals surface area contributed by atoms with Crippen LogP contribution in [-0.4, -0.2) is 0 Å². The predicted octanol–water partition coefficient (Wildman–Crippen LogP) is 13.0. The third-order valence-corrected chi connectivity index (χ3v) is 11.4. The number of anilines is 3. The molecule has 0 bridgehead atoms. The Morgan fingerprint density at radius 3 is 1.85 bits per heavy atom. The van der Waals surface area contributed by atoms with Crippen LogP contribution in [0.5, 0.6) is 0 Å². The number of furan rings is 1. The van der Waals surface area contributed by atoms with Gasteiger partial charge in [-0.3, -0.25) is 0 Å². The molecule has 2 nitrogen and oxygen atoms in total. The topological polar surface area (TPSA) is 16.4 Å². The second-order valence-corrected chi connectivity index (χ2v) is 14.0. The largest absolute Gasteiger partial charge is 0.456 e. The summed E-state index contributed by atoms with van der Waals surface area (Å²) in [6.45, 7) is 0. The normalized spacial score (nSPS) is 13.5. The number of rotatable bonds is 5. The first-order valence-corrected chi connectivity index (χ1v) is 18.1. The highest BCUT2D eigenvalue weighted by Crippen LogP contribution is 2.58. The van der Waals surface area contributed by atoms with E-state index in [0.717, 1.165) is 45.4 Å². The van der Waals surface area contributed by atoms with Crippen LogP contribution >= 0.6 is 0 Å². The van der Waals surface area contributed by atoms with Crippen molar-refractivity contribution in [3.05, 3.63) is 221 Å². The molecule has 0 unspecified atom stereocenters. The van der Waals surface area contributed by atoms with Gasteiger partial charge in [0.1, 0.15) is 11.2 Å². The molecule has 9 aromatic rings. The van der Waals surface area contributed by atoms with Crippen LogP contribution in [0.4, 0.5) is 17.1 Å². The van der Waals surface area contributed by atoms with Crippen LogP contribution in [0.25, 0.3) is 44.2 Å². The zero-order valence-corrected chi connectivity index (χ0v) is 28.5. The van der Waals surface area contributed by atoms with Gasteiger partial charge in [-0.25, -0.2) is 0 Å². The summed E-state index contributed by atoms with van der Waals surface area (Å²) < 4.78 is 6.37. The highest BCUT2D eigenvalue weighted by molar-refractivity contribution is 6.13. The molecule has 0 N–H and O–H groups in total. The van der Waals surface area contributed by atoms with Crippen LogP contribution in [0.1, 0.15) is 33.4 Å². The lowest BCUT2D eigenvalue weighted by atomic mass is 9.66. The van der Waals surface area contributed by atoms with Crippen LogP contribution < -0.4 is 4.90 Å². The van der Waals surface area contributed by atoms with Gasteiger partial charge in [-0.15, -0.1) is 0 Å². The van der Waals surface area contributed by atoms with Crippen molar-refractivity contribution in [2.24, 2.45) is 0 Å². The minimum absolute atomic E-state index is 0.432. The molecule has 244 valence electrons. The van der Waals surface area contributed by atoms with Gasteiger partial charge in [-0.05, 0) is 105 Å². The Labute approximate surface area is 302 Å². The van der Waals surface area contributed by atoms with Crippen molar-refractivity contribution in [2.75, 3.05) is 4.90 Å². The van der Waals surface area contributed by atoms with Crippen molar-refractivity contribution in [3.63, 3.8) is 0 Å². The smallest absolute Gasteiger partial charge is 0.137 e. The molecule has 2 aliphatic carbocycles. The van der Waals surface area contributed by atoms with Crippen molar-refractivity contribution < 1.29 is 4.42 Å². The van der Waals surface area contributed by atoms with Crippen molar-refractivity contribution in [2.45, 2.75) is 11.8 Å². The van der Waals surface area contributed by atoms with Gasteiger partial charge in [0.2, 0.25) is 0 Å². The number of benzene rings is 8. The van der Waals surface area contributed by atoms with Gasteiger partial charge in [-0.2, -0.15) is 0 Å². The molecule has 0 amide bonds. The van der Waals surface area contributed by atoms with Crippen molar-refractivity contribution in [3.8, 4) is 22.3 Å². The molecular formula is C50H33NO. The van der Waals surface area contributed by atoms with E-state index in [4.69, 9.17) is 4.42 Å². The lowest BCUT2D eigenvalue weighted by Crippen LogP contribution is -2.29. The molecule has 0 aliphatic heterocycles. The van der Waals surface area contributed by atoms with E-state index in [1.54, 1.807) is 0 Å². The minimum Gasteiger partial charge on any atom is -0.456 e. The molecule has 0 radical (unpaired) electrons. The Balaban J connectivity index is 1.14. The molecule has 0 fully saturated rings. The molecule has 0 atom stereocenters. The second-order valence-electron chi connectivity index (χ2n) is 14.0. The Morgan fingerprint density at radius 2 is 1.06 bits per heavy atom. The Morgan fingerprint density at radius 1 is 0.442 bits per heavy atom. The quantitative estimate of drug-likeness (QED) is 0.182. The Kier molecular flexibility index (Phi) is 6.26. The summed E-state index contributed by atoms with van der Waals surface area (Å²) in [4.78, 5) is 2.39. The maximum Gasteiger partial charge on any atom is 0.137 e. The van der Waals surface area contributed by atoms with Gasteiger partial charge in [0.25, 0.3) is 0 Å². The van der Waals surface area contributed by atoms with Crippen molar-refractivity contribution in [1.82, 2.24) is 0 Å². The summed E-state index contributed by atoms with van der Waals surface area (Å²) in [6, 6.07) is 68.7. The van der Waals surface area contributed by atoms with E-state index < -0.39 is 5.41 Å². The molecule has 8 aromatic carbocycles. The molecular weight excluding hydrogens is 631 g/mol. The lowest BCUT2D eigenvalue weighted by molar-refractivity contribution is 0.669. The fourth-order valence-corrected chi connectivity index (χ4v) is 9.31. The van der Waals surface area contributed by atoms with Crippen LogP contribution in [0.3, 0.4) is 0 Å². The first kappa shape index (κ1) is 29.1. The number of fused-ring (bicyclic) bond motifs is 9. The fourth-order valence-electron chi connectivity index (χ4n) is 9.31. The predicted molar refractivity (Wildman–Crippen MR) is 214 cm³/mol. The van der Waals surface area contributed by atoms with E-state index in [1.807, 2.05) is 6.07 Å². The van der Waals surface area contributed by atoms with Crippen LogP contribution in [0.15, 0.2) is 192 Å². The molecule has 2 aliphatic rings. The maximum atomic E-state index is 6.37. The van der Waals surface area contributed by atoms with E-state index in [-0.39, 0.29) is 0 Å². The fraction of sp³-hybridized carbons (Fsp3) is 0.0400. The highest BCUT2D eigenvalue weighted by Gasteiger charge is 2.47. The van der Waals surface area contributed by atoms with E-state index in [2.05, 4.69) is 187 Å². The first-order chi connectivity index (χ1) is 25.8. The van der Waals surface area contributed by atoms with E-state index in [9.17, 15) is 0 Å². The maximum absolute atomic E-state index is 6.37. The molecule has 2 heteroatoms.